The lowest BCUT2D eigenvalue weighted by Crippen LogP contribution is -2.66. The molecule has 3 heterocycles. The molecule has 0 saturated heterocycles. The number of aromatic nitrogens is 1. The van der Waals surface area contributed by atoms with Crippen LogP contribution in [-0.4, -0.2) is 13.3 Å². The first kappa shape index (κ1) is 15.5. The minimum absolute atomic E-state index is 0.0859. The van der Waals surface area contributed by atoms with Gasteiger partial charge in [0.25, 0.3) is 5.82 Å². The number of aryl methyl sites for hydroxylation is 1. The number of nitrogens with zero attached hydrogens (tertiary/aromatic N) is 2. The van der Waals surface area contributed by atoms with Crippen molar-refractivity contribution in [1.29, 1.82) is 0 Å². The largest absolute Gasteiger partial charge is 0.282 e. The number of hydrogen-bond donors (Lipinski definition) is 0. The Morgan fingerprint density at radius 1 is 1.21 bits per heavy atom. The number of allylic oxidation sites excluding steroid dienone is 1. The van der Waals surface area contributed by atoms with Gasteiger partial charge in [-0.2, -0.15) is 0 Å². The average Bonchev–Trinajstić information content (AvgIpc) is 2.59. The van der Waals surface area contributed by atoms with Crippen LogP contribution >= 0.6 is 0 Å². The number of fused-ring (bicyclic) bond motifs is 5. The van der Waals surface area contributed by atoms with E-state index in [0.29, 0.717) is 12.1 Å². The summed E-state index contributed by atoms with van der Waals surface area (Å²) in [6.45, 7) is 9.15. The Bertz CT molecular complexity index is 813. The summed E-state index contributed by atoms with van der Waals surface area (Å²) in [6.07, 6.45) is 5.72. The van der Waals surface area contributed by atoms with Crippen molar-refractivity contribution in [2.24, 2.45) is 5.41 Å². The summed E-state index contributed by atoms with van der Waals surface area (Å²) in [4.78, 5) is 2.57. The molecule has 0 bridgehead atoms. The Hall–Kier alpha value is -2.03. The standard InChI is InChI=1S/C21H25BN2/c1-5-13-21(4)16(3)23-15(2)9-8-12-20(23)24-18-11-7-6-10-17(18)22-14-19(21)24/h5-13,16,19H,14H2,1-4H3/q+1. The highest BCUT2D eigenvalue weighted by Gasteiger charge is 2.54. The molecule has 3 unspecified atom stereocenters. The van der Waals surface area contributed by atoms with E-state index in [9.17, 15) is 0 Å². The Morgan fingerprint density at radius 2 is 2.00 bits per heavy atom. The average molecular weight is 316 g/mol. The molecule has 24 heavy (non-hydrogen) atoms. The zero-order valence-electron chi connectivity index (χ0n) is 15.0. The number of anilines is 2. The Balaban J connectivity index is 2.02. The summed E-state index contributed by atoms with van der Waals surface area (Å²) >= 11 is 0. The monoisotopic (exact) mass is 316 g/mol. The van der Waals surface area contributed by atoms with Gasteiger partial charge in [0.15, 0.2) is 7.28 Å². The van der Waals surface area contributed by atoms with Crippen LogP contribution in [0.2, 0.25) is 6.32 Å². The van der Waals surface area contributed by atoms with Crippen LogP contribution in [0.4, 0.5) is 11.5 Å². The van der Waals surface area contributed by atoms with E-state index in [1.165, 1.54) is 22.7 Å². The lowest BCUT2D eigenvalue weighted by atomic mass is 9.55. The summed E-state index contributed by atoms with van der Waals surface area (Å²) in [7, 11) is 2.41. The quantitative estimate of drug-likeness (QED) is 0.442. The number of hydrogen-bond acceptors (Lipinski definition) is 1. The molecule has 1 aromatic carbocycles. The normalized spacial score (nSPS) is 28.1. The van der Waals surface area contributed by atoms with E-state index >= 15 is 0 Å². The van der Waals surface area contributed by atoms with Gasteiger partial charge in [0.2, 0.25) is 0 Å². The number of benzene rings is 1. The highest BCUT2D eigenvalue weighted by molar-refractivity contribution is 6.56. The van der Waals surface area contributed by atoms with Crippen molar-refractivity contribution >= 4 is 24.2 Å². The van der Waals surface area contributed by atoms with Crippen LogP contribution in [0, 0.1) is 12.3 Å². The van der Waals surface area contributed by atoms with Gasteiger partial charge in [0.1, 0.15) is 23.5 Å². The number of pyridine rings is 1. The summed E-state index contributed by atoms with van der Waals surface area (Å²) < 4.78 is 2.51. The van der Waals surface area contributed by atoms with Crippen LogP contribution in [0.3, 0.4) is 0 Å². The minimum Gasteiger partial charge on any atom is -0.228 e. The number of rotatable bonds is 1. The predicted octanol–water partition coefficient (Wildman–Crippen LogP) is 3.71. The van der Waals surface area contributed by atoms with Crippen LogP contribution in [0.25, 0.3) is 0 Å². The van der Waals surface area contributed by atoms with Gasteiger partial charge in [0, 0.05) is 6.07 Å². The fourth-order valence-electron chi connectivity index (χ4n) is 4.69. The minimum atomic E-state index is 0.0859. The molecule has 2 aliphatic heterocycles. The van der Waals surface area contributed by atoms with Crippen molar-refractivity contribution in [3.05, 3.63) is 60.3 Å². The van der Waals surface area contributed by atoms with E-state index in [0.717, 1.165) is 6.32 Å². The van der Waals surface area contributed by atoms with Crippen molar-refractivity contribution in [3.8, 4) is 0 Å². The molecule has 0 saturated carbocycles. The van der Waals surface area contributed by atoms with E-state index in [-0.39, 0.29) is 5.41 Å². The fraction of sp³-hybridized carbons (Fsp3) is 0.381. The fourth-order valence-corrected chi connectivity index (χ4v) is 4.69. The van der Waals surface area contributed by atoms with Crippen LogP contribution in [-0.2, 0) is 0 Å². The molecular formula is C21H25BN2+. The Kier molecular flexibility index (Phi) is 3.56. The predicted molar refractivity (Wildman–Crippen MR) is 102 cm³/mol. The maximum absolute atomic E-state index is 2.57. The lowest BCUT2D eigenvalue weighted by molar-refractivity contribution is -0.730. The third kappa shape index (κ3) is 2.00. The first-order valence-electron chi connectivity index (χ1n) is 8.94. The van der Waals surface area contributed by atoms with Gasteiger partial charge in [-0.3, -0.25) is 0 Å². The molecule has 0 amide bonds. The molecule has 1 aromatic heterocycles. The molecule has 4 rings (SSSR count). The summed E-state index contributed by atoms with van der Waals surface area (Å²) in [5.74, 6) is 1.31. The van der Waals surface area contributed by atoms with Crippen molar-refractivity contribution in [2.45, 2.75) is 46.1 Å². The molecule has 0 N–H and O–H groups in total. The highest BCUT2D eigenvalue weighted by atomic mass is 15.3. The zero-order chi connectivity index (χ0) is 16.9. The molecule has 3 heteroatoms. The Morgan fingerprint density at radius 3 is 2.79 bits per heavy atom. The molecule has 121 valence electrons. The summed E-state index contributed by atoms with van der Waals surface area (Å²) in [5.41, 5.74) is 4.08. The second kappa shape index (κ2) is 5.51. The van der Waals surface area contributed by atoms with Crippen molar-refractivity contribution in [3.63, 3.8) is 0 Å². The van der Waals surface area contributed by atoms with Crippen molar-refractivity contribution in [1.82, 2.24) is 0 Å². The maximum atomic E-state index is 2.57. The molecule has 2 aromatic rings. The number of para-hydroxylation sites is 1. The molecule has 2 aliphatic rings. The van der Waals surface area contributed by atoms with Gasteiger partial charge in [0.05, 0.1) is 5.41 Å². The van der Waals surface area contributed by atoms with Crippen molar-refractivity contribution in [2.75, 3.05) is 4.90 Å². The Labute approximate surface area is 146 Å². The first-order valence-corrected chi connectivity index (χ1v) is 8.94. The van der Waals surface area contributed by atoms with E-state index < -0.39 is 0 Å². The van der Waals surface area contributed by atoms with Gasteiger partial charge in [-0.05, 0) is 51.6 Å². The highest BCUT2D eigenvalue weighted by Crippen LogP contribution is 2.47. The van der Waals surface area contributed by atoms with E-state index in [2.05, 4.69) is 99.1 Å². The van der Waals surface area contributed by atoms with Gasteiger partial charge in [-0.25, -0.2) is 9.47 Å². The first-order chi connectivity index (χ1) is 11.6. The third-order valence-corrected chi connectivity index (χ3v) is 6.06. The topological polar surface area (TPSA) is 7.12 Å². The van der Waals surface area contributed by atoms with E-state index in [1.54, 1.807) is 0 Å². The molecule has 0 aliphatic carbocycles. The smallest absolute Gasteiger partial charge is 0.228 e. The lowest BCUT2D eigenvalue weighted by Gasteiger charge is -2.49. The van der Waals surface area contributed by atoms with Crippen LogP contribution < -0.4 is 14.9 Å². The molecule has 2 nitrogen and oxygen atoms in total. The second-order valence-electron chi connectivity index (χ2n) is 7.32. The zero-order valence-corrected chi connectivity index (χ0v) is 15.0. The van der Waals surface area contributed by atoms with Crippen LogP contribution in [0.1, 0.15) is 32.5 Å². The van der Waals surface area contributed by atoms with Gasteiger partial charge < -0.3 is 0 Å². The maximum Gasteiger partial charge on any atom is 0.282 e. The van der Waals surface area contributed by atoms with Crippen molar-refractivity contribution < 1.29 is 4.57 Å². The summed E-state index contributed by atoms with van der Waals surface area (Å²) in [6, 6.07) is 16.3. The molecular weight excluding hydrogens is 291 g/mol. The van der Waals surface area contributed by atoms with Gasteiger partial charge >= 0.3 is 0 Å². The van der Waals surface area contributed by atoms with Gasteiger partial charge in [-0.1, -0.05) is 36.4 Å². The molecule has 0 spiro atoms. The van der Waals surface area contributed by atoms with E-state index in [1.807, 2.05) is 0 Å². The van der Waals surface area contributed by atoms with Crippen LogP contribution in [0.5, 0.6) is 0 Å². The molecule has 3 atom stereocenters. The molecule has 1 radical (unpaired) electrons. The molecule has 0 fully saturated rings. The van der Waals surface area contributed by atoms with Crippen LogP contribution in [0.15, 0.2) is 54.6 Å². The SMILES string of the molecule is CC=CC1(C)C2C[B]c3ccccc3N2c2cccc(C)[n+]2C1C. The second-order valence-corrected chi connectivity index (χ2v) is 7.32. The summed E-state index contributed by atoms with van der Waals surface area (Å²) in [5, 5.41) is 0. The van der Waals surface area contributed by atoms with Gasteiger partial charge in [-0.15, -0.1) is 0 Å². The third-order valence-electron chi connectivity index (χ3n) is 6.06. The van der Waals surface area contributed by atoms with E-state index in [4.69, 9.17) is 0 Å².